The molecule has 33 heavy (non-hydrogen) atoms. The normalized spacial score (nSPS) is 30.4. The number of aromatic nitrogens is 1. The summed E-state index contributed by atoms with van der Waals surface area (Å²) >= 11 is 0. The summed E-state index contributed by atoms with van der Waals surface area (Å²) < 4.78 is 11.5. The number of carboxylic acid groups (broad SMARTS) is 1. The van der Waals surface area contributed by atoms with Crippen molar-refractivity contribution in [3.05, 3.63) is 47.3 Å². The zero-order valence-corrected chi connectivity index (χ0v) is 18.7. The first-order chi connectivity index (χ1) is 16.1. The van der Waals surface area contributed by atoms with Gasteiger partial charge in [0.25, 0.3) is 0 Å². The number of hydrogen-bond donors (Lipinski definition) is 2. The Labute approximate surface area is 192 Å². The van der Waals surface area contributed by atoms with Crippen molar-refractivity contribution in [1.29, 1.82) is 0 Å². The van der Waals surface area contributed by atoms with E-state index in [2.05, 4.69) is 34.1 Å². The van der Waals surface area contributed by atoms with Crippen molar-refractivity contribution in [1.82, 2.24) is 14.8 Å². The third-order valence-corrected chi connectivity index (χ3v) is 8.04. The number of H-pyrrole nitrogens is 1. The summed E-state index contributed by atoms with van der Waals surface area (Å²) in [6, 6.07) is 8.90. The molecule has 174 valence electrons. The van der Waals surface area contributed by atoms with Gasteiger partial charge < -0.3 is 24.5 Å². The van der Waals surface area contributed by atoms with Gasteiger partial charge >= 0.3 is 11.9 Å². The van der Waals surface area contributed by atoms with Crippen LogP contribution in [0.3, 0.4) is 0 Å². The predicted molar refractivity (Wildman–Crippen MR) is 120 cm³/mol. The molecule has 1 aromatic carbocycles. The number of piperidine rings is 1. The van der Waals surface area contributed by atoms with E-state index >= 15 is 0 Å². The summed E-state index contributed by atoms with van der Waals surface area (Å²) in [4.78, 5) is 32.2. The van der Waals surface area contributed by atoms with Crippen LogP contribution in [0.4, 0.5) is 0 Å². The first-order valence-electron chi connectivity index (χ1n) is 11.8. The second-order valence-corrected chi connectivity index (χ2v) is 9.59. The van der Waals surface area contributed by atoms with Gasteiger partial charge in [-0.15, -0.1) is 0 Å². The zero-order chi connectivity index (χ0) is 22.7. The monoisotopic (exact) mass is 451 g/mol. The molecule has 1 aromatic heterocycles. The summed E-state index contributed by atoms with van der Waals surface area (Å²) in [6.07, 6.45) is 4.19. The zero-order valence-electron chi connectivity index (χ0n) is 18.7. The lowest BCUT2D eigenvalue weighted by Crippen LogP contribution is -2.57. The van der Waals surface area contributed by atoms with Gasteiger partial charge in [0.05, 0.1) is 25.3 Å². The highest BCUT2D eigenvalue weighted by atomic mass is 16.5. The second kappa shape index (κ2) is 7.88. The Balaban J connectivity index is 1.37. The van der Waals surface area contributed by atoms with Crippen LogP contribution in [0.5, 0.6) is 0 Å². The van der Waals surface area contributed by atoms with Gasteiger partial charge in [0.1, 0.15) is 6.23 Å². The van der Waals surface area contributed by atoms with Crippen molar-refractivity contribution in [2.75, 3.05) is 26.8 Å². The third-order valence-electron chi connectivity index (χ3n) is 8.04. The number of methoxy groups -OCH3 is 1. The lowest BCUT2D eigenvalue weighted by molar-refractivity contribution is -0.140. The van der Waals surface area contributed by atoms with Crippen LogP contribution in [-0.4, -0.2) is 70.9 Å². The Hall–Kier alpha value is -2.84. The van der Waals surface area contributed by atoms with Crippen LogP contribution in [0.2, 0.25) is 0 Å². The second-order valence-electron chi connectivity index (χ2n) is 9.59. The number of para-hydroxylation sites is 1. The van der Waals surface area contributed by atoms with Gasteiger partial charge in [-0.05, 0) is 30.9 Å². The Morgan fingerprint density at radius 1 is 1.30 bits per heavy atom. The van der Waals surface area contributed by atoms with Gasteiger partial charge in [-0.3, -0.25) is 9.69 Å². The SMILES string of the molecule is COC(=O)C1=CN(CCCC(=O)O)[C@H]2OC[C@H]3[C@@H]2[C@@H]1C[C@H]1c2[nH]c4ccccc4c2CCN13. The molecule has 5 heterocycles. The molecule has 0 unspecified atom stereocenters. The number of carboxylic acids is 1. The first kappa shape index (κ1) is 20.7. The van der Waals surface area contributed by atoms with E-state index < -0.39 is 5.97 Å². The van der Waals surface area contributed by atoms with Crippen LogP contribution < -0.4 is 0 Å². The molecule has 2 saturated heterocycles. The number of nitrogens with one attached hydrogen (secondary N) is 1. The fourth-order valence-corrected chi connectivity index (χ4v) is 6.70. The number of carbonyl (C=O) groups is 2. The van der Waals surface area contributed by atoms with Gasteiger partial charge in [0.15, 0.2) is 0 Å². The molecule has 0 amide bonds. The molecule has 0 saturated carbocycles. The number of benzene rings is 1. The van der Waals surface area contributed by atoms with Crippen LogP contribution in [0.25, 0.3) is 10.9 Å². The molecule has 8 heteroatoms. The summed E-state index contributed by atoms with van der Waals surface area (Å²) in [7, 11) is 1.43. The van der Waals surface area contributed by atoms with Crippen molar-refractivity contribution in [3.63, 3.8) is 0 Å². The van der Waals surface area contributed by atoms with Crippen LogP contribution in [0.1, 0.15) is 36.6 Å². The maximum absolute atomic E-state index is 12.9. The van der Waals surface area contributed by atoms with Crippen molar-refractivity contribution in [2.45, 2.75) is 44.0 Å². The van der Waals surface area contributed by atoms with Crippen LogP contribution >= 0.6 is 0 Å². The average Bonchev–Trinajstić information content (AvgIpc) is 3.43. The first-order valence-corrected chi connectivity index (χ1v) is 11.8. The fraction of sp³-hybridized carbons (Fsp3) is 0.520. The average molecular weight is 452 g/mol. The molecular weight excluding hydrogens is 422 g/mol. The molecule has 0 aliphatic carbocycles. The Morgan fingerprint density at radius 2 is 2.15 bits per heavy atom. The van der Waals surface area contributed by atoms with Gasteiger partial charge in [-0.25, -0.2) is 4.79 Å². The third kappa shape index (κ3) is 3.19. The van der Waals surface area contributed by atoms with Crippen molar-refractivity contribution in [2.24, 2.45) is 11.8 Å². The minimum Gasteiger partial charge on any atom is -0.481 e. The van der Waals surface area contributed by atoms with Crippen LogP contribution in [0, 0.1) is 11.8 Å². The maximum Gasteiger partial charge on any atom is 0.335 e. The molecule has 4 aliphatic rings. The minimum atomic E-state index is -0.810. The summed E-state index contributed by atoms with van der Waals surface area (Å²) in [6.45, 7) is 2.14. The highest BCUT2D eigenvalue weighted by Crippen LogP contribution is 2.53. The number of rotatable bonds is 5. The molecule has 0 radical (unpaired) electrons. The van der Waals surface area contributed by atoms with Crippen LogP contribution in [0.15, 0.2) is 36.0 Å². The molecule has 4 aliphatic heterocycles. The number of aliphatic carboxylic acids is 1. The Kier molecular flexibility index (Phi) is 4.96. The molecule has 5 atom stereocenters. The molecule has 0 spiro atoms. The standard InChI is InChI=1S/C25H29N3O5/c1-32-25(31)17-12-27(9-4-7-21(29)30)24-22-16(17)11-19-23-15(8-10-28(19)20(22)13-33-24)14-5-2-3-6-18(14)26-23/h2-3,5-6,12,16,19-20,22,24,26H,4,7-11,13H2,1H3,(H,29,30)/t16-,19+,20+,22+,24+/m1/s1. The summed E-state index contributed by atoms with van der Waals surface area (Å²) in [5.41, 5.74) is 4.53. The molecular formula is C25H29N3O5. The van der Waals surface area contributed by atoms with E-state index in [0.29, 0.717) is 25.1 Å². The highest BCUT2D eigenvalue weighted by Gasteiger charge is 2.57. The van der Waals surface area contributed by atoms with E-state index in [1.165, 1.54) is 29.3 Å². The lowest BCUT2D eigenvalue weighted by atomic mass is 9.69. The van der Waals surface area contributed by atoms with Crippen LogP contribution in [-0.2, 0) is 25.5 Å². The number of aromatic amines is 1. The van der Waals surface area contributed by atoms with Crippen molar-refractivity contribution in [3.8, 4) is 0 Å². The smallest absolute Gasteiger partial charge is 0.335 e. The van der Waals surface area contributed by atoms with E-state index in [9.17, 15) is 9.59 Å². The number of ether oxygens (including phenoxy) is 2. The molecule has 2 aromatic rings. The number of fused-ring (bicyclic) bond motifs is 6. The molecule has 2 N–H and O–H groups in total. The topological polar surface area (TPSA) is 95.1 Å². The van der Waals surface area contributed by atoms with E-state index in [4.69, 9.17) is 14.6 Å². The van der Waals surface area contributed by atoms with Crippen molar-refractivity contribution >= 4 is 22.8 Å². The quantitative estimate of drug-likeness (QED) is 0.675. The molecule has 0 bridgehead atoms. The van der Waals surface area contributed by atoms with E-state index in [0.717, 1.165) is 19.4 Å². The molecule has 2 fully saturated rings. The number of esters is 1. The highest BCUT2D eigenvalue weighted by molar-refractivity contribution is 5.89. The van der Waals surface area contributed by atoms with Crippen molar-refractivity contribution < 1.29 is 24.2 Å². The fourth-order valence-electron chi connectivity index (χ4n) is 6.70. The predicted octanol–water partition coefficient (Wildman–Crippen LogP) is 2.67. The summed E-state index contributed by atoms with van der Waals surface area (Å²) in [5.74, 6) is -0.899. The maximum atomic E-state index is 12.9. The Morgan fingerprint density at radius 3 is 2.97 bits per heavy atom. The molecule has 8 nitrogen and oxygen atoms in total. The van der Waals surface area contributed by atoms with E-state index in [1.54, 1.807) is 0 Å². The molecule has 6 rings (SSSR count). The Bertz CT molecular complexity index is 1140. The minimum absolute atomic E-state index is 0.0456. The van der Waals surface area contributed by atoms with Gasteiger partial charge in [0, 0.05) is 60.2 Å². The number of nitrogens with zero attached hydrogens (tertiary/aromatic N) is 2. The van der Waals surface area contributed by atoms with E-state index in [1.807, 2.05) is 11.1 Å². The van der Waals surface area contributed by atoms with E-state index in [-0.39, 0.29) is 42.5 Å². The van der Waals surface area contributed by atoms with Gasteiger partial charge in [0.2, 0.25) is 0 Å². The lowest BCUT2D eigenvalue weighted by Gasteiger charge is -2.52. The van der Waals surface area contributed by atoms with Gasteiger partial charge in [-0.2, -0.15) is 0 Å². The number of carbonyl (C=O) groups excluding carboxylic acids is 1. The number of hydrogen-bond acceptors (Lipinski definition) is 6. The summed E-state index contributed by atoms with van der Waals surface area (Å²) in [5, 5.41) is 10.4. The largest absolute Gasteiger partial charge is 0.481 e. The van der Waals surface area contributed by atoms with Gasteiger partial charge in [-0.1, -0.05) is 18.2 Å².